The molecule has 2 amide bonds. The molecule has 0 saturated carbocycles. The van der Waals surface area contributed by atoms with Crippen molar-refractivity contribution >= 4 is 29.3 Å². The van der Waals surface area contributed by atoms with Gasteiger partial charge in [-0.2, -0.15) is 0 Å². The number of anilines is 2. The zero-order valence-electron chi connectivity index (χ0n) is 19.0. The normalized spacial score (nSPS) is 11.0. The summed E-state index contributed by atoms with van der Waals surface area (Å²) < 4.78 is 8.59. The average molecular weight is 457 g/mol. The van der Waals surface area contributed by atoms with Crippen molar-refractivity contribution < 1.29 is 14.0 Å². The van der Waals surface area contributed by atoms with E-state index in [0.717, 1.165) is 5.76 Å². The van der Waals surface area contributed by atoms with E-state index in [1.54, 1.807) is 55.1 Å². The predicted octanol–water partition coefficient (Wildman–Crippen LogP) is 4.29. The number of para-hydroxylation sites is 1. The van der Waals surface area contributed by atoms with Gasteiger partial charge in [-0.1, -0.05) is 24.3 Å². The van der Waals surface area contributed by atoms with Gasteiger partial charge in [0.2, 0.25) is 5.91 Å². The highest BCUT2D eigenvalue weighted by Gasteiger charge is 2.19. The predicted molar refractivity (Wildman–Crippen MR) is 131 cm³/mol. The molecular weight excluding hydrogens is 432 g/mol. The third-order valence-electron chi connectivity index (χ3n) is 5.35. The molecule has 2 heterocycles. The molecule has 4 rings (SSSR count). The van der Waals surface area contributed by atoms with Crippen LogP contribution in [0.25, 0.3) is 11.8 Å². The first-order valence-electron chi connectivity index (χ1n) is 10.6. The van der Waals surface area contributed by atoms with Crippen molar-refractivity contribution in [1.82, 2.24) is 9.36 Å². The van der Waals surface area contributed by atoms with Crippen LogP contribution in [0.3, 0.4) is 0 Å². The van der Waals surface area contributed by atoms with E-state index in [1.807, 2.05) is 43.3 Å². The van der Waals surface area contributed by atoms with Gasteiger partial charge in [-0.05, 0) is 62.4 Å². The van der Waals surface area contributed by atoms with Crippen molar-refractivity contribution in [3.8, 4) is 5.69 Å². The summed E-state index contributed by atoms with van der Waals surface area (Å²) in [5, 5.41) is 5.44. The minimum atomic E-state index is -0.455. The second-order valence-corrected chi connectivity index (χ2v) is 7.74. The molecule has 0 saturated heterocycles. The van der Waals surface area contributed by atoms with Gasteiger partial charge in [-0.3, -0.25) is 19.1 Å². The Morgan fingerprint density at radius 2 is 1.71 bits per heavy atom. The van der Waals surface area contributed by atoms with E-state index < -0.39 is 5.91 Å². The topological polar surface area (TPSA) is 98.3 Å². The maximum absolute atomic E-state index is 13.0. The molecule has 0 unspecified atom stereocenters. The third kappa shape index (κ3) is 4.75. The molecule has 172 valence electrons. The van der Waals surface area contributed by atoms with E-state index in [9.17, 15) is 14.4 Å². The monoisotopic (exact) mass is 456 g/mol. The Morgan fingerprint density at radius 1 is 0.941 bits per heavy atom. The molecule has 0 fully saturated rings. The summed E-state index contributed by atoms with van der Waals surface area (Å²) in [6.45, 7) is 3.59. The highest BCUT2D eigenvalue weighted by molar-refractivity contribution is 6.06. The van der Waals surface area contributed by atoms with Crippen LogP contribution < -0.4 is 16.2 Å². The molecule has 0 aliphatic carbocycles. The number of aromatic nitrogens is 2. The highest BCUT2D eigenvalue weighted by atomic mass is 16.3. The molecule has 0 aliphatic rings. The van der Waals surface area contributed by atoms with Gasteiger partial charge in [0.25, 0.3) is 11.5 Å². The first-order chi connectivity index (χ1) is 16.3. The molecule has 0 spiro atoms. The second-order valence-electron chi connectivity index (χ2n) is 7.74. The molecule has 34 heavy (non-hydrogen) atoms. The van der Waals surface area contributed by atoms with Crippen LogP contribution >= 0.6 is 0 Å². The number of nitrogens with one attached hydrogen (secondary N) is 2. The van der Waals surface area contributed by atoms with E-state index in [-0.39, 0.29) is 17.2 Å². The Hall–Kier alpha value is -4.59. The van der Waals surface area contributed by atoms with Crippen molar-refractivity contribution in [3.63, 3.8) is 0 Å². The van der Waals surface area contributed by atoms with Crippen molar-refractivity contribution in [1.29, 1.82) is 0 Å². The van der Waals surface area contributed by atoms with Crippen LogP contribution in [0.1, 0.15) is 27.6 Å². The number of hydrogen-bond donors (Lipinski definition) is 2. The van der Waals surface area contributed by atoms with Gasteiger partial charge in [0.05, 0.1) is 11.4 Å². The summed E-state index contributed by atoms with van der Waals surface area (Å²) in [7, 11) is 1.76. The summed E-state index contributed by atoms with van der Waals surface area (Å²) in [5.41, 5.74) is 1.93. The second kappa shape index (κ2) is 9.50. The lowest BCUT2D eigenvalue weighted by molar-refractivity contribution is -0.111. The largest absolute Gasteiger partial charge is 0.462 e. The SMILES string of the molecule is Cc1ccc(/C=C/C(=O)Nc2cccc(C(=O)Nc3c(C)n(C)n(-c4ccccc4)c3=O)c2)o1. The molecule has 2 N–H and O–H groups in total. The molecule has 2 aromatic heterocycles. The molecule has 4 aromatic rings. The standard InChI is InChI=1S/C26H24N4O4/c1-17-12-13-22(34-17)14-15-23(31)27-20-9-7-8-19(16-20)25(32)28-24-18(2)29(3)30(26(24)33)21-10-5-4-6-11-21/h4-16H,1-3H3,(H,27,31)(H,28,32)/b15-14+. The van der Waals surface area contributed by atoms with Gasteiger partial charge in [0, 0.05) is 24.4 Å². The zero-order chi connectivity index (χ0) is 24.2. The molecule has 0 atom stereocenters. The van der Waals surface area contributed by atoms with Gasteiger partial charge in [-0.25, -0.2) is 4.68 Å². The Morgan fingerprint density at radius 3 is 2.41 bits per heavy atom. The van der Waals surface area contributed by atoms with E-state index >= 15 is 0 Å². The van der Waals surface area contributed by atoms with E-state index in [2.05, 4.69) is 10.6 Å². The molecule has 8 nitrogen and oxygen atoms in total. The van der Waals surface area contributed by atoms with Crippen molar-refractivity contribution in [2.75, 3.05) is 10.6 Å². The molecule has 0 radical (unpaired) electrons. The van der Waals surface area contributed by atoms with Crippen LogP contribution in [0.5, 0.6) is 0 Å². The quantitative estimate of drug-likeness (QED) is 0.423. The van der Waals surface area contributed by atoms with Crippen molar-refractivity contribution in [2.45, 2.75) is 13.8 Å². The molecule has 0 bridgehead atoms. The number of nitrogens with zero attached hydrogens (tertiary/aromatic N) is 2. The number of aryl methyl sites for hydroxylation is 1. The number of furan rings is 1. The van der Waals surface area contributed by atoms with Crippen LogP contribution in [-0.2, 0) is 11.8 Å². The lowest BCUT2D eigenvalue weighted by Crippen LogP contribution is -2.23. The summed E-state index contributed by atoms with van der Waals surface area (Å²) in [5.74, 6) is 0.503. The van der Waals surface area contributed by atoms with Gasteiger partial charge < -0.3 is 15.1 Å². The fraction of sp³-hybridized carbons (Fsp3) is 0.115. The minimum absolute atomic E-state index is 0.197. The number of hydrogen-bond acceptors (Lipinski definition) is 4. The molecule has 8 heteroatoms. The maximum Gasteiger partial charge on any atom is 0.295 e. The number of carbonyl (C=O) groups excluding carboxylic acids is 2. The number of rotatable bonds is 6. The van der Waals surface area contributed by atoms with Gasteiger partial charge in [0.1, 0.15) is 17.2 Å². The van der Waals surface area contributed by atoms with Crippen molar-refractivity contribution in [2.24, 2.45) is 7.05 Å². The summed E-state index contributed by atoms with van der Waals surface area (Å²) in [6.07, 6.45) is 2.92. The Bertz CT molecular complexity index is 1440. The average Bonchev–Trinajstić information content (AvgIpc) is 3.34. The summed E-state index contributed by atoms with van der Waals surface area (Å²) in [4.78, 5) is 38.2. The molecular formula is C26H24N4O4. The maximum atomic E-state index is 13.0. The first-order valence-corrected chi connectivity index (χ1v) is 10.6. The summed E-state index contributed by atoms with van der Waals surface area (Å²) in [6, 6.07) is 19.3. The fourth-order valence-electron chi connectivity index (χ4n) is 3.52. The fourth-order valence-corrected chi connectivity index (χ4v) is 3.52. The van der Waals surface area contributed by atoms with Gasteiger partial charge >= 0.3 is 0 Å². The third-order valence-corrected chi connectivity index (χ3v) is 5.35. The van der Waals surface area contributed by atoms with E-state index in [1.165, 1.54) is 10.8 Å². The van der Waals surface area contributed by atoms with E-state index in [4.69, 9.17) is 4.42 Å². The van der Waals surface area contributed by atoms with Gasteiger partial charge in [0.15, 0.2) is 0 Å². The molecule has 0 aliphatic heterocycles. The smallest absolute Gasteiger partial charge is 0.295 e. The lowest BCUT2D eigenvalue weighted by Gasteiger charge is -2.07. The highest BCUT2D eigenvalue weighted by Crippen LogP contribution is 2.17. The number of carbonyl (C=O) groups is 2. The Balaban J connectivity index is 1.50. The van der Waals surface area contributed by atoms with E-state index in [0.29, 0.717) is 28.4 Å². The summed E-state index contributed by atoms with van der Waals surface area (Å²) >= 11 is 0. The number of amides is 2. The van der Waals surface area contributed by atoms with Crippen LogP contribution in [0.2, 0.25) is 0 Å². The number of benzene rings is 2. The first kappa shape index (κ1) is 22.6. The van der Waals surface area contributed by atoms with Crippen molar-refractivity contribution in [3.05, 3.63) is 106 Å². The van der Waals surface area contributed by atoms with Gasteiger partial charge in [-0.15, -0.1) is 0 Å². The zero-order valence-corrected chi connectivity index (χ0v) is 19.0. The van der Waals surface area contributed by atoms with Crippen LogP contribution in [-0.4, -0.2) is 21.2 Å². The van der Waals surface area contributed by atoms with Crippen LogP contribution in [0.4, 0.5) is 11.4 Å². The Kier molecular flexibility index (Phi) is 6.31. The Labute approximate surface area is 196 Å². The van der Waals surface area contributed by atoms with Crippen LogP contribution in [0.15, 0.2) is 82.0 Å². The van der Waals surface area contributed by atoms with Crippen LogP contribution in [0, 0.1) is 13.8 Å². The lowest BCUT2D eigenvalue weighted by atomic mass is 10.2. The minimum Gasteiger partial charge on any atom is -0.462 e. The molecule has 2 aromatic carbocycles.